The molecule has 0 radical (unpaired) electrons. The van der Waals surface area contributed by atoms with Gasteiger partial charge in [-0.3, -0.25) is 0 Å². The first-order valence-electron chi connectivity index (χ1n) is 12.5. The summed E-state index contributed by atoms with van der Waals surface area (Å²) in [7, 11) is 0.354. The van der Waals surface area contributed by atoms with Crippen LogP contribution in [-0.4, -0.2) is 74.4 Å². The van der Waals surface area contributed by atoms with E-state index in [0.717, 1.165) is 48.6 Å². The Morgan fingerprint density at radius 1 is 1.19 bits per heavy atom. The molecule has 0 amide bonds. The van der Waals surface area contributed by atoms with Crippen LogP contribution in [0.2, 0.25) is 0 Å². The lowest BCUT2D eigenvalue weighted by Crippen LogP contribution is -2.50. The molecule has 8 nitrogen and oxygen atoms in total. The van der Waals surface area contributed by atoms with Gasteiger partial charge in [0.15, 0.2) is 0 Å². The lowest BCUT2D eigenvalue weighted by Gasteiger charge is -2.45. The third kappa shape index (κ3) is 4.52. The minimum Gasteiger partial charge on any atom is -0.391 e. The molecule has 1 unspecified atom stereocenters. The number of ether oxygens (including phenoxy) is 1. The van der Waals surface area contributed by atoms with Crippen LogP contribution >= 0.6 is 0 Å². The number of aliphatic hydroxyl groups excluding tert-OH is 1. The van der Waals surface area contributed by atoms with Crippen LogP contribution in [0.3, 0.4) is 0 Å². The van der Waals surface area contributed by atoms with Gasteiger partial charge in [-0.2, -0.15) is 5.10 Å². The summed E-state index contributed by atoms with van der Waals surface area (Å²) < 4.78 is 36.6. The number of nitrogens with zero attached hydrogens (tertiary/aromatic N) is 5. The van der Waals surface area contributed by atoms with E-state index >= 15 is 0 Å². The van der Waals surface area contributed by atoms with Gasteiger partial charge in [-0.15, -0.1) is 0 Å². The molecule has 3 aliphatic rings. The molecule has 1 aromatic carbocycles. The molecule has 37 heavy (non-hydrogen) atoms. The molecule has 194 valence electrons. The number of hydrogen-bond acceptors (Lipinski definition) is 6. The van der Waals surface area contributed by atoms with Crippen molar-refractivity contribution in [3.05, 3.63) is 71.4 Å². The number of benzene rings is 1. The van der Waals surface area contributed by atoms with Gasteiger partial charge in [0.2, 0.25) is 0 Å². The number of piperidine rings is 1. The Bertz CT molecular complexity index is 1340. The monoisotopic (exact) mass is 523 g/mol. The second-order valence-electron chi connectivity index (χ2n) is 10.1. The quantitative estimate of drug-likeness (QED) is 0.535. The van der Waals surface area contributed by atoms with Gasteiger partial charge in [0, 0.05) is 44.9 Å². The molecule has 6 rings (SSSR count). The van der Waals surface area contributed by atoms with Crippen LogP contribution in [0.15, 0.2) is 59.3 Å². The Morgan fingerprint density at radius 3 is 2.73 bits per heavy atom. The first-order chi connectivity index (χ1) is 18.0. The standard InChI is InChI=1S/C27H30FN5O3S/c1-36-18-27-13-19-14-30-33(22-4-2-21(28)3-5-22)25(19)12-20(27)8-11-32(17-27)37(35)24-6-7-26(29-15-24)31-10-9-23(34)16-31/h2-7,12,14-15,23,34H,8-11,13,16-18H2,1H3/t23-,27-,37?/m1/s1. The summed E-state index contributed by atoms with van der Waals surface area (Å²) in [5, 5.41) is 14.4. The van der Waals surface area contributed by atoms with E-state index in [1.54, 1.807) is 25.4 Å². The average Bonchev–Trinajstić information content (AvgIpc) is 3.53. The fourth-order valence-electron chi connectivity index (χ4n) is 5.79. The predicted molar refractivity (Wildman–Crippen MR) is 139 cm³/mol. The van der Waals surface area contributed by atoms with Crippen molar-refractivity contribution in [2.24, 2.45) is 5.41 Å². The first-order valence-corrected chi connectivity index (χ1v) is 13.7. The molecule has 0 saturated carbocycles. The highest BCUT2D eigenvalue weighted by atomic mass is 32.2. The zero-order valence-electron chi connectivity index (χ0n) is 20.7. The van der Waals surface area contributed by atoms with Crippen molar-refractivity contribution in [2.45, 2.75) is 30.3 Å². The number of pyridine rings is 1. The average molecular weight is 524 g/mol. The van der Waals surface area contributed by atoms with Crippen LogP contribution in [0.4, 0.5) is 10.2 Å². The van der Waals surface area contributed by atoms with E-state index in [0.29, 0.717) is 31.1 Å². The summed E-state index contributed by atoms with van der Waals surface area (Å²) in [6.07, 6.45) is 7.67. The molecular formula is C27H30FN5O3S. The summed E-state index contributed by atoms with van der Waals surface area (Å²) in [6, 6.07) is 10.1. The van der Waals surface area contributed by atoms with Crippen LogP contribution in [0.5, 0.6) is 0 Å². The predicted octanol–water partition coefficient (Wildman–Crippen LogP) is 2.98. The zero-order valence-corrected chi connectivity index (χ0v) is 21.5. The zero-order chi connectivity index (χ0) is 25.6. The Hall–Kier alpha value is -2.92. The molecule has 4 heterocycles. The number of fused-ring (bicyclic) bond motifs is 2. The Morgan fingerprint density at radius 2 is 2.03 bits per heavy atom. The van der Waals surface area contributed by atoms with Crippen LogP contribution in [-0.2, 0) is 22.1 Å². The van der Waals surface area contributed by atoms with E-state index in [4.69, 9.17) is 4.74 Å². The molecular weight excluding hydrogens is 493 g/mol. The Kier molecular flexibility index (Phi) is 6.44. The number of aromatic nitrogens is 3. The van der Waals surface area contributed by atoms with Gasteiger partial charge in [-0.1, -0.05) is 5.57 Å². The number of hydrogen-bond donors (Lipinski definition) is 1. The summed E-state index contributed by atoms with van der Waals surface area (Å²) in [5.41, 5.74) is 3.88. The molecule has 2 saturated heterocycles. The van der Waals surface area contributed by atoms with Gasteiger partial charge in [0.1, 0.15) is 22.6 Å². The van der Waals surface area contributed by atoms with Gasteiger partial charge in [-0.05, 0) is 67.3 Å². The van der Waals surface area contributed by atoms with Gasteiger partial charge in [0.05, 0.1) is 35.2 Å². The smallest absolute Gasteiger partial charge is 0.129 e. The SMILES string of the molecule is COC[C@]12Cc3cnn(-c4ccc(F)cc4)c3C=C1CCN(S(=O)c1ccc(N3CC[C@@H](O)C3)nc1)C2. The molecule has 0 spiro atoms. The second-order valence-corrected chi connectivity index (χ2v) is 11.6. The van der Waals surface area contributed by atoms with Crippen molar-refractivity contribution < 1.29 is 18.4 Å². The van der Waals surface area contributed by atoms with Gasteiger partial charge in [0.25, 0.3) is 0 Å². The fourth-order valence-corrected chi connectivity index (χ4v) is 7.04. The second kappa shape index (κ2) is 9.75. The Balaban J connectivity index is 1.24. The fraction of sp³-hybridized carbons (Fsp3) is 0.407. The summed E-state index contributed by atoms with van der Waals surface area (Å²) in [4.78, 5) is 7.26. The van der Waals surface area contributed by atoms with Gasteiger partial charge >= 0.3 is 0 Å². The molecule has 3 aromatic rings. The molecule has 0 bridgehead atoms. The molecule has 1 aliphatic carbocycles. The topological polar surface area (TPSA) is 83.7 Å². The summed E-state index contributed by atoms with van der Waals surface area (Å²) in [6.45, 7) is 3.12. The lowest BCUT2D eigenvalue weighted by molar-refractivity contribution is 0.0746. The van der Waals surface area contributed by atoms with Crippen molar-refractivity contribution in [3.8, 4) is 5.69 Å². The third-order valence-corrected chi connectivity index (χ3v) is 9.08. The molecule has 2 fully saturated rings. The maximum absolute atomic E-state index is 13.6. The van der Waals surface area contributed by atoms with E-state index in [2.05, 4.69) is 21.1 Å². The number of methoxy groups -OCH3 is 1. The molecule has 3 atom stereocenters. The third-order valence-electron chi connectivity index (χ3n) is 7.65. The highest BCUT2D eigenvalue weighted by Crippen LogP contribution is 2.45. The number of rotatable bonds is 6. The van der Waals surface area contributed by atoms with E-state index in [1.807, 2.05) is 27.3 Å². The molecule has 10 heteroatoms. The van der Waals surface area contributed by atoms with Gasteiger partial charge in [-0.25, -0.2) is 22.6 Å². The summed E-state index contributed by atoms with van der Waals surface area (Å²) >= 11 is 0. The van der Waals surface area contributed by atoms with Crippen LogP contribution in [0, 0.1) is 11.2 Å². The van der Waals surface area contributed by atoms with Crippen LogP contribution in [0.1, 0.15) is 24.1 Å². The molecule has 2 aromatic heterocycles. The minimum absolute atomic E-state index is 0.276. The molecule has 2 aliphatic heterocycles. The lowest BCUT2D eigenvalue weighted by atomic mass is 9.69. The van der Waals surface area contributed by atoms with Crippen molar-refractivity contribution in [1.29, 1.82) is 0 Å². The van der Waals surface area contributed by atoms with Crippen molar-refractivity contribution >= 4 is 22.9 Å². The van der Waals surface area contributed by atoms with Crippen LogP contribution in [0.25, 0.3) is 11.8 Å². The maximum Gasteiger partial charge on any atom is 0.129 e. The highest BCUT2D eigenvalue weighted by molar-refractivity contribution is 7.82. The van der Waals surface area contributed by atoms with Crippen LogP contribution < -0.4 is 4.90 Å². The van der Waals surface area contributed by atoms with Gasteiger partial charge < -0.3 is 14.7 Å². The van der Waals surface area contributed by atoms with Crippen molar-refractivity contribution in [2.75, 3.05) is 44.8 Å². The number of anilines is 1. The number of halogens is 1. The summed E-state index contributed by atoms with van der Waals surface area (Å²) in [5.74, 6) is 0.525. The van der Waals surface area contributed by atoms with E-state index in [-0.39, 0.29) is 17.3 Å². The maximum atomic E-state index is 13.6. The Labute approximate surface area is 218 Å². The van der Waals surface area contributed by atoms with E-state index in [1.165, 1.54) is 17.7 Å². The largest absolute Gasteiger partial charge is 0.391 e. The highest BCUT2D eigenvalue weighted by Gasteiger charge is 2.44. The number of aliphatic hydroxyl groups is 1. The van der Waals surface area contributed by atoms with E-state index < -0.39 is 11.0 Å². The normalized spacial score (nSPS) is 24.5. The van der Waals surface area contributed by atoms with Crippen molar-refractivity contribution in [1.82, 2.24) is 19.1 Å². The van der Waals surface area contributed by atoms with Crippen molar-refractivity contribution in [3.63, 3.8) is 0 Å². The minimum atomic E-state index is -1.35. The first kappa shape index (κ1) is 24.4. The number of β-amino-alcohol motifs (C(OH)–C–C–N with tert-alkyl or cyclic N) is 1. The van der Waals surface area contributed by atoms with E-state index in [9.17, 15) is 13.7 Å². The molecule has 1 N–H and O–H groups in total.